The Kier molecular flexibility index (Phi) is 15.3. The Morgan fingerprint density at radius 3 is 0.531 bits per heavy atom. The number of hydrogen-bond donors (Lipinski definition) is 16. The molecule has 0 spiro atoms. The van der Waals surface area contributed by atoms with Gasteiger partial charge in [-0.05, 0) is 27.7 Å². The van der Waals surface area contributed by atoms with E-state index in [9.17, 15) is 0 Å². The van der Waals surface area contributed by atoms with E-state index in [0.717, 1.165) is 0 Å². The molecule has 0 saturated heterocycles. The maximum atomic E-state index is 7.63. The summed E-state index contributed by atoms with van der Waals surface area (Å²) in [6, 6.07) is -2.50. The third kappa shape index (κ3) is 43.3. The molecule has 0 amide bonds. The quantitative estimate of drug-likeness (QED) is 0.115. The average Bonchev–Trinajstić information content (AvgIpc) is 2.11. The lowest BCUT2D eigenvalue weighted by atomic mass is 9.76. The second-order valence-corrected chi connectivity index (χ2v) is 10.1. The molecule has 0 bridgehead atoms. The minimum atomic E-state index is -2.50. The first kappa shape index (κ1) is 38.6. The molecule has 0 aromatic rings. The molecule has 0 atom stereocenters. The summed E-state index contributed by atoms with van der Waals surface area (Å²) in [7, 11) is 0. The molecule has 2 aliphatic carbocycles. The summed E-state index contributed by atoms with van der Waals surface area (Å²) >= 11 is 0. The van der Waals surface area contributed by atoms with Crippen LogP contribution in [0.5, 0.6) is 0 Å². The topological polar surface area (TPSA) is 405 Å². The highest BCUT2D eigenvalue weighted by atomic mass is 16.5. The van der Waals surface area contributed by atoms with E-state index in [1.807, 2.05) is 0 Å². The van der Waals surface area contributed by atoms with Crippen molar-refractivity contribution in [2.75, 3.05) is 0 Å². The van der Waals surface area contributed by atoms with Gasteiger partial charge in [0.1, 0.15) is 0 Å². The van der Waals surface area contributed by atoms with E-state index in [1.54, 1.807) is 27.7 Å². The van der Waals surface area contributed by atoms with E-state index in [1.165, 1.54) is 0 Å². The monoisotopic (exact) mass is 473 g/mol. The van der Waals surface area contributed by atoms with Crippen LogP contribution in [-0.4, -0.2) is 50.2 Å². The van der Waals surface area contributed by atoms with Crippen LogP contribution in [0.15, 0.2) is 0 Å². The SMILES string of the molecule is CC(C)(N)N.CC(C)(N)N.NC(N)(O)O.NC1(N)CC(N)(N)C1.NC1(N)CC(N)(N)C1.[CH3-]. The molecule has 32 heavy (non-hydrogen) atoms. The van der Waals surface area contributed by atoms with E-state index in [0.29, 0.717) is 25.7 Å². The zero-order valence-electron chi connectivity index (χ0n) is 20.3. The minimum Gasteiger partial charge on any atom is -0.358 e. The summed E-state index contributed by atoms with van der Waals surface area (Å²) < 4.78 is 0. The molecule has 0 unspecified atom stereocenters. The molecule has 200 valence electrons. The number of nitrogens with two attached hydrogens (primary N) is 14. The number of aliphatic hydroxyl groups is 2. The average molecular weight is 474 g/mol. The predicted molar refractivity (Wildman–Crippen MR) is 130 cm³/mol. The second-order valence-electron chi connectivity index (χ2n) is 10.1. The molecular formula is C16H53N14O2-. The van der Waals surface area contributed by atoms with Crippen LogP contribution in [0.3, 0.4) is 0 Å². The normalized spacial score (nSPS) is 21.4. The van der Waals surface area contributed by atoms with Gasteiger partial charge in [-0.1, -0.05) is 0 Å². The fourth-order valence-corrected chi connectivity index (χ4v) is 2.35. The number of rotatable bonds is 0. The molecule has 16 nitrogen and oxygen atoms in total. The van der Waals surface area contributed by atoms with Crippen molar-refractivity contribution in [1.82, 2.24) is 0 Å². The standard InChI is InChI=1S/2C4H12N4.2C3H10N2.CH6N2O2.CH3/c2*5-3(6)1-4(7,8)2-3;2*1-3(2,4)5;2-1(3,4)5;/h2*1-2,5-8H2;2*4-5H2,1-2H3;4-5H,2-3H2;1H3/q;;;;;-1. The van der Waals surface area contributed by atoms with Crippen LogP contribution < -0.4 is 80.3 Å². The Hall–Kier alpha value is -0.640. The molecule has 0 radical (unpaired) electrons. The Labute approximate surface area is 192 Å². The van der Waals surface area contributed by atoms with Crippen molar-refractivity contribution in [3.8, 4) is 0 Å². The van der Waals surface area contributed by atoms with Gasteiger partial charge in [0.25, 0.3) is 6.03 Å². The first-order valence-electron chi connectivity index (χ1n) is 9.32. The fourth-order valence-electron chi connectivity index (χ4n) is 2.35. The molecule has 2 rings (SSSR count). The molecule has 0 aromatic carbocycles. The van der Waals surface area contributed by atoms with Crippen molar-refractivity contribution < 1.29 is 10.2 Å². The van der Waals surface area contributed by atoms with Crippen LogP contribution >= 0.6 is 0 Å². The summed E-state index contributed by atoms with van der Waals surface area (Å²) in [5.74, 6) is 0. The van der Waals surface area contributed by atoms with E-state index < -0.39 is 40.0 Å². The molecule has 2 saturated carbocycles. The lowest BCUT2D eigenvalue weighted by Gasteiger charge is -2.47. The van der Waals surface area contributed by atoms with Gasteiger partial charge in [0.15, 0.2) is 0 Å². The molecule has 0 heterocycles. The van der Waals surface area contributed by atoms with Gasteiger partial charge in [0, 0.05) is 25.7 Å². The predicted octanol–water partition coefficient (Wildman–Crippen LogP) is -6.76. The van der Waals surface area contributed by atoms with E-state index in [2.05, 4.69) is 11.5 Å². The van der Waals surface area contributed by atoms with Crippen molar-refractivity contribution >= 4 is 0 Å². The van der Waals surface area contributed by atoms with Crippen molar-refractivity contribution in [2.45, 2.75) is 93.4 Å². The Morgan fingerprint density at radius 1 is 0.469 bits per heavy atom. The van der Waals surface area contributed by atoms with E-state index in [-0.39, 0.29) is 7.43 Å². The van der Waals surface area contributed by atoms with Crippen LogP contribution in [0.2, 0.25) is 0 Å². The summed E-state index contributed by atoms with van der Waals surface area (Å²) in [6.07, 6.45) is 2.06. The van der Waals surface area contributed by atoms with Gasteiger partial charge in [-0.2, -0.15) is 0 Å². The fraction of sp³-hybridized carbons (Fsp3) is 0.938. The van der Waals surface area contributed by atoms with Crippen LogP contribution in [0.25, 0.3) is 0 Å². The Balaban J connectivity index is -0.000000156. The molecule has 2 fully saturated rings. The second kappa shape index (κ2) is 12.7. The van der Waals surface area contributed by atoms with Crippen LogP contribution in [0, 0.1) is 7.43 Å². The molecule has 16 heteroatoms. The molecule has 0 aliphatic heterocycles. The summed E-state index contributed by atoms with van der Waals surface area (Å²) in [4.78, 5) is 0. The largest absolute Gasteiger partial charge is 0.358 e. The van der Waals surface area contributed by atoms with Crippen molar-refractivity contribution in [3.63, 3.8) is 0 Å². The van der Waals surface area contributed by atoms with E-state index >= 15 is 0 Å². The zero-order chi connectivity index (χ0) is 26.3. The van der Waals surface area contributed by atoms with Gasteiger partial charge in [0.05, 0.1) is 34.0 Å². The molecule has 30 N–H and O–H groups in total. The van der Waals surface area contributed by atoms with Gasteiger partial charge in [-0.15, -0.1) is 0 Å². The summed E-state index contributed by atoms with van der Waals surface area (Å²) in [5, 5.41) is 15.3. The third-order valence-corrected chi connectivity index (χ3v) is 2.63. The highest BCUT2D eigenvalue weighted by molar-refractivity contribution is 5.04. The maximum Gasteiger partial charge on any atom is 0.281 e. The highest BCUT2D eigenvalue weighted by Gasteiger charge is 2.45. The first-order valence-corrected chi connectivity index (χ1v) is 9.32. The summed E-state index contributed by atoms with van der Waals surface area (Å²) in [5.41, 5.74) is 69.0. The van der Waals surface area contributed by atoms with Gasteiger partial charge >= 0.3 is 0 Å². The lowest BCUT2D eigenvalue weighted by Crippen LogP contribution is -2.75. The summed E-state index contributed by atoms with van der Waals surface area (Å²) in [6.45, 7) is 6.97. The molecule has 2 aliphatic rings. The van der Waals surface area contributed by atoms with Crippen LogP contribution in [0.1, 0.15) is 53.4 Å². The maximum absolute atomic E-state index is 7.63. The molecule has 0 aromatic heterocycles. The van der Waals surface area contributed by atoms with Crippen molar-refractivity contribution in [3.05, 3.63) is 7.43 Å². The molecular weight excluding hydrogens is 420 g/mol. The van der Waals surface area contributed by atoms with Gasteiger partial charge in [0.2, 0.25) is 0 Å². The smallest absolute Gasteiger partial charge is 0.281 e. The first-order chi connectivity index (χ1) is 12.8. The van der Waals surface area contributed by atoms with Crippen molar-refractivity contribution in [1.29, 1.82) is 0 Å². The highest BCUT2D eigenvalue weighted by Crippen LogP contribution is 2.29. The van der Waals surface area contributed by atoms with Gasteiger partial charge in [-0.25, -0.2) is 0 Å². The van der Waals surface area contributed by atoms with Crippen LogP contribution in [-0.2, 0) is 0 Å². The van der Waals surface area contributed by atoms with Crippen LogP contribution in [0.4, 0.5) is 0 Å². The van der Waals surface area contributed by atoms with Gasteiger partial charge < -0.3 is 86.4 Å². The zero-order valence-corrected chi connectivity index (χ0v) is 20.3. The van der Waals surface area contributed by atoms with Gasteiger partial charge in [-0.3, -0.25) is 11.5 Å². The third-order valence-electron chi connectivity index (χ3n) is 2.63. The number of hydrogen-bond acceptors (Lipinski definition) is 16. The lowest BCUT2D eigenvalue weighted by molar-refractivity contribution is -0.149. The minimum absolute atomic E-state index is 0. The Bertz CT molecular complexity index is 386. The van der Waals surface area contributed by atoms with E-state index in [4.69, 9.17) is 79.0 Å². The Morgan fingerprint density at radius 2 is 0.531 bits per heavy atom. The van der Waals surface area contributed by atoms with Crippen molar-refractivity contribution in [2.24, 2.45) is 80.3 Å².